The molecule has 1 aliphatic heterocycles. The van der Waals surface area contributed by atoms with Crippen molar-refractivity contribution in [1.29, 1.82) is 0 Å². The molecule has 1 aliphatic rings. The van der Waals surface area contributed by atoms with E-state index in [4.69, 9.17) is 19.9 Å². The van der Waals surface area contributed by atoms with Gasteiger partial charge in [-0.15, -0.1) is 0 Å². The summed E-state index contributed by atoms with van der Waals surface area (Å²) in [7, 11) is 4.12. The number of nitrogens with zero attached hydrogens (tertiary/aromatic N) is 4. The zero-order chi connectivity index (χ0) is 23.7. The van der Waals surface area contributed by atoms with Gasteiger partial charge in [0.2, 0.25) is 0 Å². The molecule has 0 fully saturated rings. The number of nitrogen functional groups attached to an aromatic ring is 1. The Morgan fingerprint density at radius 2 is 1.88 bits per heavy atom. The zero-order valence-electron chi connectivity index (χ0n) is 19.7. The smallest absolute Gasteiger partial charge is 0.151 e. The van der Waals surface area contributed by atoms with Gasteiger partial charge in [0.25, 0.3) is 0 Å². The first-order valence-electron chi connectivity index (χ1n) is 11.4. The highest BCUT2D eigenvalue weighted by atomic mass is 16.5. The van der Waals surface area contributed by atoms with Gasteiger partial charge in [-0.05, 0) is 63.8 Å². The number of aromatic nitrogens is 3. The molecule has 1 unspecified atom stereocenters. The third-order valence-electron chi connectivity index (χ3n) is 5.94. The molecule has 0 bridgehead atoms. The molecule has 5 rings (SSSR count). The second kappa shape index (κ2) is 9.32. The van der Waals surface area contributed by atoms with Gasteiger partial charge < -0.3 is 29.4 Å². The molecule has 4 aromatic rings. The minimum absolute atomic E-state index is 0.0342. The fourth-order valence-electron chi connectivity index (χ4n) is 4.34. The number of hydrogen-bond donors (Lipinski definition) is 1. The van der Waals surface area contributed by atoms with E-state index in [0.717, 1.165) is 58.2 Å². The number of hydrogen-bond acceptors (Lipinski definition) is 7. The molecule has 8 heteroatoms. The first-order valence-corrected chi connectivity index (χ1v) is 11.4. The second-order valence-corrected chi connectivity index (χ2v) is 8.68. The molecular weight excluding hydrogens is 430 g/mol. The van der Waals surface area contributed by atoms with E-state index in [1.165, 1.54) is 6.33 Å². The molecule has 1 atom stereocenters. The van der Waals surface area contributed by atoms with Gasteiger partial charge in [-0.1, -0.05) is 6.07 Å². The molecule has 2 aromatic carbocycles. The average molecular weight is 460 g/mol. The lowest BCUT2D eigenvalue weighted by molar-refractivity contribution is 0.0783. The quantitative estimate of drug-likeness (QED) is 0.382. The highest BCUT2D eigenvalue weighted by Gasteiger charge is 2.30. The van der Waals surface area contributed by atoms with Crippen molar-refractivity contribution in [3.63, 3.8) is 0 Å². The molecule has 2 N–H and O–H groups in total. The molecule has 0 spiro atoms. The van der Waals surface area contributed by atoms with E-state index >= 15 is 0 Å². The summed E-state index contributed by atoms with van der Waals surface area (Å²) in [4.78, 5) is 10.9. The number of anilines is 1. The molecule has 0 radical (unpaired) electrons. The SMILES string of the molecule is CC1OCc2c1c1ncnc(N)c1n2-c1ccc(Oc2cccc(OCCCN(C)C)c2)cc1. The third-order valence-corrected chi connectivity index (χ3v) is 5.94. The lowest BCUT2D eigenvalue weighted by Crippen LogP contribution is -2.15. The van der Waals surface area contributed by atoms with Crippen LogP contribution in [0.5, 0.6) is 17.2 Å². The second-order valence-electron chi connectivity index (χ2n) is 8.68. The molecule has 34 heavy (non-hydrogen) atoms. The topological polar surface area (TPSA) is 87.7 Å². The Morgan fingerprint density at radius 1 is 1.09 bits per heavy atom. The van der Waals surface area contributed by atoms with Crippen LogP contribution in [0.3, 0.4) is 0 Å². The van der Waals surface area contributed by atoms with Gasteiger partial charge in [-0.3, -0.25) is 0 Å². The Morgan fingerprint density at radius 3 is 2.68 bits per heavy atom. The van der Waals surface area contributed by atoms with Crippen LogP contribution in [0.25, 0.3) is 16.7 Å². The summed E-state index contributed by atoms with van der Waals surface area (Å²) >= 11 is 0. The largest absolute Gasteiger partial charge is 0.493 e. The fourth-order valence-corrected chi connectivity index (χ4v) is 4.34. The summed E-state index contributed by atoms with van der Waals surface area (Å²) in [5, 5.41) is 0. The van der Waals surface area contributed by atoms with Crippen LogP contribution in [0.2, 0.25) is 0 Å². The van der Waals surface area contributed by atoms with Gasteiger partial charge in [0, 0.05) is 23.9 Å². The van der Waals surface area contributed by atoms with Gasteiger partial charge in [0.15, 0.2) is 5.82 Å². The summed E-state index contributed by atoms with van der Waals surface area (Å²) in [6, 6.07) is 15.6. The van der Waals surface area contributed by atoms with E-state index in [1.54, 1.807) is 0 Å². The van der Waals surface area contributed by atoms with Crippen molar-refractivity contribution in [3.8, 4) is 22.9 Å². The van der Waals surface area contributed by atoms with Crippen LogP contribution < -0.4 is 15.2 Å². The minimum Gasteiger partial charge on any atom is -0.493 e. The van der Waals surface area contributed by atoms with Gasteiger partial charge in [0.1, 0.15) is 34.6 Å². The monoisotopic (exact) mass is 459 g/mol. The Bertz CT molecular complexity index is 1300. The van der Waals surface area contributed by atoms with Crippen LogP contribution in [0.1, 0.15) is 30.7 Å². The lowest BCUT2D eigenvalue weighted by atomic mass is 10.1. The molecule has 0 amide bonds. The van der Waals surface area contributed by atoms with Crippen molar-refractivity contribution >= 4 is 16.9 Å². The Hall–Kier alpha value is -3.62. The molecule has 0 saturated heterocycles. The highest BCUT2D eigenvalue weighted by molar-refractivity contribution is 5.91. The zero-order valence-corrected chi connectivity index (χ0v) is 19.7. The average Bonchev–Trinajstić information content (AvgIpc) is 3.36. The van der Waals surface area contributed by atoms with E-state index < -0.39 is 0 Å². The summed E-state index contributed by atoms with van der Waals surface area (Å²) in [5.41, 5.74) is 11.0. The van der Waals surface area contributed by atoms with Crippen molar-refractivity contribution in [2.45, 2.75) is 26.1 Å². The summed E-state index contributed by atoms with van der Waals surface area (Å²) in [6.45, 7) is 4.20. The van der Waals surface area contributed by atoms with Crippen molar-refractivity contribution in [2.24, 2.45) is 0 Å². The van der Waals surface area contributed by atoms with Crippen LogP contribution >= 0.6 is 0 Å². The highest BCUT2D eigenvalue weighted by Crippen LogP contribution is 2.40. The summed E-state index contributed by atoms with van der Waals surface area (Å²) < 4.78 is 19.9. The molecular formula is C26H29N5O3. The van der Waals surface area contributed by atoms with Gasteiger partial charge in [0.05, 0.1) is 25.0 Å². The molecule has 0 saturated carbocycles. The number of nitrogens with two attached hydrogens (primary N) is 1. The third kappa shape index (κ3) is 4.30. The van der Waals surface area contributed by atoms with Crippen LogP contribution in [0, 0.1) is 0 Å². The van der Waals surface area contributed by atoms with Gasteiger partial charge >= 0.3 is 0 Å². The minimum atomic E-state index is -0.0342. The van der Waals surface area contributed by atoms with Crippen molar-refractivity contribution in [1.82, 2.24) is 19.4 Å². The Labute approximate surface area is 198 Å². The number of ether oxygens (including phenoxy) is 3. The van der Waals surface area contributed by atoms with E-state index in [1.807, 2.05) is 55.5 Å². The molecule has 176 valence electrons. The predicted octanol–water partition coefficient (Wildman–Crippen LogP) is 4.72. The number of fused-ring (bicyclic) bond motifs is 3. The Kier molecular flexibility index (Phi) is 6.08. The van der Waals surface area contributed by atoms with Gasteiger partial charge in [-0.25, -0.2) is 9.97 Å². The first-order chi connectivity index (χ1) is 16.5. The van der Waals surface area contributed by atoms with E-state index in [9.17, 15) is 0 Å². The van der Waals surface area contributed by atoms with Crippen molar-refractivity contribution < 1.29 is 14.2 Å². The summed E-state index contributed by atoms with van der Waals surface area (Å²) in [5.74, 6) is 2.71. The lowest BCUT2D eigenvalue weighted by Gasteiger charge is -2.13. The maximum atomic E-state index is 6.25. The van der Waals surface area contributed by atoms with E-state index in [0.29, 0.717) is 19.0 Å². The molecule has 2 aromatic heterocycles. The van der Waals surface area contributed by atoms with Crippen LogP contribution in [-0.4, -0.2) is 46.7 Å². The standard InChI is InChI=1S/C26H29N5O3/c1-17-23-22(15-33-17)31(25-24(23)28-16-29-26(25)27)18-8-10-19(11-9-18)34-21-7-4-6-20(14-21)32-13-5-12-30(2)3/h4,6-11,14,16-17H,5,12-13,15H2,1-3H3,(H2,27,28,29). The maximum absolute atomic E-state index is 6.25. The fraction of sp³-hybridized carbons (Fsp3) is 0.308. The van der Waals surface area contributed by atoms with Gasteiger partial charge in [-0.2, -0.15) is 0 Å². The molecule has 0 aliphatic carbocycles. The molecule has 8 nitrogen and oxygen atoms in total. The predicted molar refractivity (Wildman–Crippen MR) is 132 cm³/mol. The summed E-state index contributed by atoms with van der Waals surface area (Å²) in [6.07, 6.45) is 2.44. The normalized spacial score (nSPS) is 15.1. The molecule has 3 heterocycles. The van der Waals surface area contributed by atoms with Crippen LogP contribution in [0.4, 0.5) is 5.82 Å². The number of benzene rings is 2. The van der Waals surface area contributed by atoms with Crippen LogP contribution in [-0.2, 0) is 11.3 Å². The van der Waals surface area contributed by atoms with Crippen molar-refractivity contribution in [3.05, 3.63) is 66.1 Å². The number of rotatable bonds is 8. The Balaban J connectivity index is 1.36. The van der Waals surface area contributed by atoms with E-state index in [-0.39, 0.29) is 6.10 Å². The maximum Gasteiger partial charge on any atom is 0.151 e. The van der Waals surface area contributed by atoms with Crippen molar-refractivity contribution in [2.75, 3.05) is 33.0 Å². The van der Waals surface area contributed by atoms with E-state index in [2.05, 4.69) is 33.5 Å². The first kappa shape index (κ1) is 22.2. The van der Waals surface area contributed by atoms with Crippen LogP contribution in [0.15, 0.2) is 54.9 Å².